The molecule has 8 heteroatoms. The third-order valence-corrected chi connectivity index (χ3v) is 4.90. The normalized spacial score (nSPS) is 25.4. The average Bonchev–Trinajstić information content (AvgIpc) is 2.99. The van der Waals surface area contributed by atoms with Gasteiger partial charge in [0.05, 0.1) is 12.1 Å². The number of carbonyl (C=O) groups excluding carboxylic acids is 1. The molecule has 0 aromatic carbocycles. The monoisotopic (exact) mass is 360 g/mol. The number of fused-ring (bicyclic) bond motifs is 2. The van der Waals surface area contributed by atoms with Crippen molar-refractivity contribution in [2.45, 2.75) is 44.9 Å². The Kier molecular flexibility index (Phi) is 3.40. The SMILES string of the molecule is CC(C)(C)OC(=O)N1C[C@H]2C[C@@H]1CN2c1nnc(Br)s1. The molecule has 2 bridgehead atoms. The second-order valence-electron chi connectivity index (χ2n) is 6.17. The molecule has 2 atom stereocenters. The van der Waals surface area contributed by atoms with Crippen molar-refractivity contribution in [3.05, 3.63) is 3.92 Å². The van der Waals surface area contributed by atoms with E-state index in [0.717, 1.165) is 22.0 Å². The molecule has 0 spiro atoms. The van der Waals surface area contributed by atoms with Gasteiger partial charge in [0.15, 0.2) is 3.92 Å². The van der Waals surface area contributed by atoms with Gasteiger partial charge in [-0.15, -0.1) is 10.2 Å². The molecule has 0 aliphatic carbocycles. The minimum absolute atomic E-state index is 0.205. The third-order valence-electron chi connectivity index (χ3n) is 3.50. The van der Waals surface area contributed by atoms with Crippen LogP contribution in [-0.4, -0.2) is 52.0 Å². The molecule has 1 aromatic rings. The van der Waals surface area contributed by atoms with Crippen LogP contribution in [0.2, 0.25) is 0 Å². The van der Waals surface area contributed by atoms with Crippen molar-refractivity contribution in [3.8, 4) is 0 Å². The molecule has 20 heavy (non-hydrogen) atoms. The van der Waals surface area contributed by atoms with Crippen molar-refractivity contribution in [2.24, 2.45) is 0 Å². The summed E-state index contributed by atoms with van der Waals surface area (Å²) in [4.78, 5) is 16.2. The van der Waals surface area contributed by atoms with Gasteiger partial charge in [0.2, 0.25) is 5.13 Å². The number of halogens is 1. The first-order chi connectivity index (χ1) is 9.33. The molecule has 2 saturated heterocycles. The topological polar surface area (TPSA) is 58.6 Å². The first-order valence-corrected chi connectivity index (χ1v) is 8.20. The van der Waals surface area contributed by atoms with Gasteiger partial charge in [-0.25, -0.2) is 4.79 Å². The van der Waals surface area contributed by atoms with E-state index in [0.29, 0.717) is 12.6 Å². The van der Waals surface area contributed by atoms with Crippen molar-refractivity contribution in [1.82, 2.24) is 15.1 Å². The molecular weight excluding hydrogens is 344 g/mol. The summed E-state index contributed by atoms with van der Waals surface area (Å²) in [6, 6.07) is 0.546. The summed E-state index contributed by atoms with van der Waals surface area (Å²) >= 11 is 4.86. The minimum Gasteiger partial charge on any atom is -0.444 e. The molecule has 2 fully saturated rings. The van der Waals surface area contributed by atoms with E-state index in [9.17, 15) is 4.79 Å². The van der Waals surface area contributed by atoms with Gasteiger partial charge in [-0.1, -0.05) is 11.3 Å². The zero-order valence-corrected chi connectivity index (χ0v) is 14.1. The van der Waals surface area contributed by atoms with Crippen LogP contribution in [-0.2, 0) is 4.74 Å². The van der Waals surface area contributed by atoms with Crippen molar-refractivity contribution in [1.29, 1.82) is 0 Å². The summed E-state index contributed by atoms with van der Waals surface area (Å²) in [6.45, 7) is 7.20. The summed E-state index contributed by atoms with van der Waals surface area (Å²) in [5.41, 5.74) is -0.442. The molecule has 1 amide bonds. The molecule has 3 rings (SSSR count). The highest BCUT2D eigenvalue weighted by Gasteiger charge is 2.47. The van der Waals surface area contributed by atoms with E-state index < -0.39 is 5.60 Å². The van der Waals surface area contributed by atoms with Gasteiger partial charge in [0, 0.05) is 13.1 Å². The minimum atomic E-state index is -0.442. The number of amides is 1. The lowest BCUT2D eigenvalue weighted by Gasteiger charge is -2.34. The van der Waals surface area contributed by atoms with Gasteiger partial charge < -0.3 is 14.5 Å². The zero-order chi connectivity index (χ0) is 14.5. The number of likely N-dealkylation sites (tertiary alicyclic amines) is 1. The molecule has 6 nitrogen and oxygen atoms in total. The predicted octanol–water partition coefficient (Wildman–Crippen LogP) is 2.50. The van der Waals surface area contributed by atoms with Crippen LogP contribution < -0.4 is 4.90 Å². The smallest absolute Gasteiger partial charge is 0.410 e. The van der Waals surface area contributed by atoms with Gasteiger partial charge in [-0.3, -0.25) is 0 Å². The van der Waals surface area contributed by atoms with Crippen molar-refractivity contribution in [2.75, 3.05) is 18.0 Å². The van der Waals surface area contributed by atoms with Crippen LogP contribution in [0, 0.1) is 0 Å². The average molecular weight is 361 g/mol. The Balaban J connectivity index is 1.66. The Morgan fingerprint density at radius 1 is 1.35 bits per heavy atom. The second kappa shape index (κ2) is 4.84. The Morgan fingerprint density at radius 3 is 2.60 bits per heavy atom. The summed E-state index contributed by atoms with van der Waals surface area (Å²) in [5.74, 6) is 0. The van der Waals surface area contributed by atoms with E-state index in [4.69, 9.17) is 4.74 Å². The molecule has 2 aliphatic rings. The molecule has 0 radical (unpaired) electrons. The maximum Gasteiger partial charge on any atom is 0.410 e. The summed E-state index contributed by atoms with van der Waals surface area (Å²) < 4.78 is 6.25. The number of hydrogen-bond acceptors (Lipinski definition) is 6. The fourth-order valence-electron chi connectivity index (χ4n) is 2.76. The first kappa shape index (κ1) is 14.1. The highest BCUT2D eigenvalue weighted by Crippen LogP contribution is 2.37. The van der Waals surface area contributed by atoms with Crippen LogP contribution >= 0.6 is 27.3 Å². The van der Waals surface area contributed by atoms with Gasteiger partial charge in [0.25, 0.3) is 0 Å². The molecular formula is C12H17BrN4O2S. The standard InChI is InChI=1S/C12H17BrN4O2S/c1-12(2,3)19-11(18)17-6-7-4-8(17)5-16(7)10-15-14-9(13)20-10/h7-8H,4-6H2,1-3H3/t7-,8-/m1/s1. The van der Waals surface area contributed by atoms with Crippen LogP contribution in [0.25, 0.3) is 0 Å². The maximum absolute atomic E-state index is 12.2. The van der Waals surface area contributed by atoms with E-state index in [1.54, 1.807) is 0 Å². The van der Waals surface area contributed by atoms with Crippen molar-refractivity contribution < 1.29 is 9.53 Å². The van der Waals surface area contributed by atoms with Crippen LogP contribution in [0.15, 0.2) is 3.92 Å². The van der Waals surface area contributed by atoms with E-state index in [2.05, 4.69) is 31.0 Å². The van der Waals surface area contributed by atoms with E-state index >= 15 is 0 Å². The number of nitrogens with zero attached hydrogens (tertiary/aromatic N) is 4. The lowest BCUT2D eigenvalue weighted by molar-refractivity contribution is 0.0214. The number of carbonyl (C=O) groups is 1. The number of piperazine rings is 1. The third kappa shape index (κ3) is 2.63. The van der Waals surface area contributed by atoms with Crippen molar-refractivity contribution >= 4 is 38.5 Å². The maximum atomic E-state index is 12.2. The number of aromatic nitrogens is 2. The largest absolute Gasteiger partial charge is 0.444 e. The summed E-state index contributed by atoms with van der Waals surface area (Å²) in [6.07, 6.45) is 0.777. The van der Waals surface area contributed by atoms with Gasteiger partial charge in [-0.05, 0) is 43.1 Å². The molecule has 0 saturated carbocycles. The predicted molar refractivity (Wildman–Crippen MR) is 80.1 cm³/mol. The number of hydrogen-bond donors (Lipinski definition) is 0. The Labute approximate surface area is 130 Å². The summed E-state index contributed by atoms with van der Waals surface area (Å²) in [5, 5.41) is 9.07. The summed E-state index contributed by atoms with van der Waals surface area (Å²) in [7, 11) is 0. The molecule has 0 unspecified atom stereocenters. The van der Waals surface area contributed by atoms with Crippen LogP contribution in [0.3, 0.4) is 0 Å². The number of rotatable bonds is 1. The van der Waals surface area contributed by atoms with E-state index in [-0.39, 0.29) is 12.1 Å². The molecule has 3 heterocycles. The highest BCUT2D eigenvalue weighted by atomic mass is 79.9. The lowest BCUT2D eigenvalue weighted by Crippen LogP contribution is -2.50. The van der Waals surface area contributed by atoms with Crippen molar-refractivity contribution in [3.63, 3.8) is 0 Å². The fraction of sp³-hybridized carbons (Fsp3) is 0.750. The molecule has 0 N–H and O–H groups in total. The van der Waals surface area contributed by atoms with Crippen LogP contribution in [0.4, 0.5) is 9.93 Å². The molecule has 1 aromatic heterocycles. The molecule has 2 aliphatic heterocycles. The second-order valence-corrected chi connectivity index (χ2v) is 8.40. The highest BCUT2D eigenvalue weighted by molar-refractivity contribution is 9.11. The Hall–Kier alpha value is -0.890. The fourth-order valence-corrected chi connectivity index (χ4v) is 3.93. The van der Waals surface area contributed by atoms with Crippen LogP contribution in [0.5, 0.6) is 0 Å². The molecule has 110 valence electrons. The zero-order valence-electron chi connectivity index (χ0n) is 11.7. The Morgan fingerprint density at radius 2 is 2.10 bits per heavy atom. The quantitative estimate of drug-likeness (QED) is 0.769. The van der Waals surface area contributed by atoms with E-state index in [1.807, 2.05) is 25.7 Å². The first-order valence-electron chi connectivity index (χ1n) is 6.59. The lowest BCUT2D eigenvalue weighted by atomic mass is 10.2. The Bertz CT molecular complexity index is 530. The number of ether oxygens (including phenoxy) is 1. The van der Waals surface area contributed by atoms with Gasteiger partial charge in [-0.2, -0.15) is 0 Å². The van der Waals surface area contributed by atoms with Gasteiger partial charge in [0.1, 0.15) is 5.60 Å². The number of anilines is 1. The van der Waals surface area contributed by atoms with E-state index in [1.165, 1.54) is 11.3 Å². The van der Waals surface area contributed by atoms with Gasteiger partial charge >= 0.3 is 6.09 Å². The van der Waals surface area contributed by atoms with Crippen LogP contribution in [0.1, 0.15) is 27.2 Å².